The van der Waals surface area contributed by atoms with Gasteiger partial charge in [-0.3, -0.25) is 0 Å². The predicted molar refractivity (Wildman–Crippen MR) is 42.0 cm³/mol. The molecule has 0 atom stereocenters. The van der Waals surface area contributed by atoms with Crippen molar-refractivity contribution in [2.45, 2.75) is 20.8 Å². The Kier molecular flexibility index (Phi) is 12.2. The van der Waals surface area contributed by atoms with E-state index < -0.39 is 0 Å². The van der Waals surface area contributed by atoms with E-state index in [0.29, 0.717) is 5.70 Å². The SMILES string of the molecule is C/C(N)=C/N=CN.CC. The van der Waals surface area contributed by atoms with Gasteiger partial charge in [-0.25, -0.2) is 4.99 Å². The number of nitrogens with zero attached hydrogens (tertiary/aromatic N) is 1. The van der Waals surface area contributed by atoms with Crippen molar-refractivity contribution < 1.29 is 0 Å². The first-order valence-electron chi connectivity index (χ1n) is 2.93. The summed E-state index contributed by atoms with van der Waals surface area (Å²) >= 11 is 0. The van der Waals surface area contributed by atoms with E-state index in [2.05, 4.69) is 4.99 Å². The molecule has 0 radical (unpaired) electrons. The van der Waals surface area contributed by atoms with E-state index in [-0.39, 0.29) is 0 Å². The number of rotatable bonds is 1. The fourth-order valence-electron chi connectivity index (χ4n) is 0.161. The first-order valence-corrected chi connectivity index (χ1v) is 2.93. The number of hydrogen-bond donors (Lipinski definition) is 2. The topological polar surface area (TPSA) is 64.4 Å². The van der Waals surface area contributed by atoms with Gasteiger partial charge in [-0.05, 0) is 6.92 Å². The molecule has 0 heterocycles. The third-order valence-electron chi connectivity index (χ3n) is 0.364. The van der Waals surface area contributed by atoms with Gasteiger partial charge in [0.05, 0.1) is 6.34 Å². The summed E-state index contributed by atoms with van der Waals surface area (Å²) in [5.74, 6) is 0. The lowest BCUT2D eigenvalue weighted by molar-refractivity contribution is 1.27. The number of nitrogens with two attached hydrogens (primary N) is 2. The van der Waals surface area contributed by atoms with E-state index in [1.54, 1.807) is 6.92 Å². The Balaban J connectivity index is 0. The highest BCUT2D eigenvalue weighted by molar-refractivity contribution is 5.52. The lowest BCUT2D eigenvalue weighted by atomic mass is 10.6. The van der Waals surface area contributed by atoms with E-state index in [0.717, 1.165) is 0 Å². The van der Waals surface area contributed by atoms with E-state index >= 15 is 0 Å². The maximum Gasteiger partial charge on any atom is 0.0853 e. The number of allylic oxidation sites excluding steroid dienone is 1. The maximum atomic E-state index is 5.17. The van der Waals surface area contributed by atoms with Gasteiger partial charge in [0.15, 0.2) is 0 Å². The molecule has 3 heteroatoms. The van der Waals surface area contributed by atoms with Gasteiger partial charge in [0.25, 0.3) is 0 Å². The minimum Gasteiger partial charge on any atom is -0.401 e. The van der Waals surface area contributed by atoms with Crippen molar-refractivity contribution in [3.8, 4) is 0 Å². The monoisotopic (exact) mass is 129 g/mol. The quantitative estimate of drug-likeness (QED) is 0.406. The van der Waals surface area contributed by atoms with Crippen molar-refractivity contribution in [2.75, 3.05) is 0 Å². The molecule has 54 valence electrons. The van der Waals surface area contributed by atoms with Crippen LogP contribution >= 0.6 is 0 Å². The molecule has 0 unspecified atom stereocenters. The van der Waals surface area contributed by atoms with Crippen molar-refractivity contribution >= 4 is 6.34 Å². The average Bonchev–Trinajstić information content (AvgIpc) is 1.88. The minimum atomic E-state index is 0.654. The molecular weight excluding hydrogens is 114 g/mol. The van der Waals surface area contributed by atoms with E-state index in [4.69, 9.17) is 11.5 Å². The van der Waals surface area contributed by atoms with Crippen LogP contribution in [-0.4, -0.2) is 6.34 Å². The zero-order valence-corrected chi connectivity index (χ0v) is 6.26. The van der Waals surface area contributed by atoms with Gasteiger partial charge in [0, 0.05) is 11.9 Å². The molecule has 0 saturated carbocycles. The Hall–Kier alpha value is -0.990. The second kappa shape index (κ2) is 10.1. The minimum absolute atomic E-state index is 0.654. The average molecular weight is 129 g/mol. The third kappa shape index (κ3) is 19.4. The van der Waals surface area contributed by atoms with E-state index in [1.807, 2.05) is 13.8 Å². The first-order chi connectivity index (χ1) is 4.27. The Bertz CT molecular complexity index is 90.5. The van der Waals surface area contributed by atoms with Crippen molar-refractivity contribution in [3.63, 3.8) is 0 Å². The van der Waals surface area contributed by atoms with E-state index in [9.17, 15) is 0 Å². The van der Waals surface area contributed by atoms with Crippen LogP contribution in [0.25, 0.3) is 0 Å². The molecule has 0 fully saturated rings. The zero-order chi connectivity index (χ0) is 7.70. The van der Waals surface area contributed by atoms with Gasteiger partial charge in [0.1, 0.15) is 0 Å². The molecule has 0 aromatic carbocycles. The Labute approximate surface area is 56.5 Å². The van der Waals surface area contributed by atoms with Crippen LogP contribution in [0, 0.1) is 0 Å². The molecule has 0 saturated heterocycles. The van der Waals surface area contributed by atoms with Gasteiger partial charge in [0.2, 0.25) is 0 Å². The third-order valence-corrected chi connectivity index (χ3v) is 0.364. The van der Waals surface area contributed by atoms with Gasteiger partial charge in [-0.15, -0.1) is 0 Å². The van der Waals surface area contributed by atoms with Crippen LogP contribution in [0.2, 0.25) is 0 Å². The van der Waals surface area contributed by atoms with Crippen LogP contribution in [0.1, 0.15) is 20.8 Å². The van der Waals surface area contributed by atoms with Crippen LogP contribution in [0.15, 0.2) is 16.9 Å². The van der Waals surface area contributed by atoms with Crippen molar-refractivity contribution in [3.05, 3.63) is 11.9 Å². The number of hydrogen-bond acceptors (Lipinski definition) is 2. The lowest BCUT2D eigenvalue weighted by Crippen LogP contribution is -1.90. The van der Waals surface area contributed by atoms with Gasteiger partial charge in [-0.2, -0.15) is 0 Å². The van der Waals surface area contributed by atoms with Crippen LogP contribution in [0.3, 0.4) is 0 Å². The smallest absolute Gasteiger partial charge is 0.0853 e. The molecule has 0 aliphatic carbocycles. The normalized spacial score (nSPS) is 10.8. The summed E-state index contributed by atoms with van der Waals surface area (Å²) in [7, 11) is 0. The fraction of sp³-hybridized carbons (Fsp3) is 0.500. The zero-order valence-electron chi connectivity index (χ0n) is 6.26. The summed E-state index contributed by atoms with van der Waals surface area (Å²) < 4.78 is 0. The van der Waals surface area contributed by atoms with Crippen LogP contribution in [-0.2, 0) is 0 Å². The molecule has 0 amide bonds. The lowest BCUT2D eigenvalue weighted by Gasteiger charge is -1.79. The van der Waals surface area contributed by atoms with Crippen molar-refractivity contribution in [2.24, 2.45) is 16.5 Å². The van der Waals surface area contributed by atoms with Crippen LogP contribution in [0.4, 0.5) is 0 Å². The summed E-state index contributed by atoms with van der Waals surface area (Å²) in [6.07, 6.45) is 2.68. The highest BCUT2D eigenvalue weighted by Crippen LogP contribution is 1.76. The van der Waals surface area contributed by atoms with Gasteiger partial charge in [-0.1, -0.05) is 13.8 Å². The molecule has 9 heavy (non-hydrogen) atoms. The maximum absolute atomic E-state index is 5.17. The largest absolute Gasteiger partial charge is 0.401 e. The Morgan fingerprint density at radius 2 is 1.89 bits per heavy atom. The molecule has 0 aromatic rings. The summed E-state index contributed by atoms with van der Waals surface area (Å²) in [5, 5.41) is 0. The van der Waals surface area contributed by atoms with Crippen molar-refractivity contribution in [1.82, 2.24) is 0 Å². The summed E-state index contributed by atoms with van der Waals surface area (Å²) in [6, 6.07) is 0. The molecule has 3 nitrogen and oxygen atoms in total. The Morgan fingerprint density at radius 3 is 2.00 bits per heavy atom. The van der Waals surface area contributed by atoms with Crippen LogP contribution in [0.5, 0.6) is 0 Å². The van der Waals surface area contributed by atoms with E-state index in [1.165, 1.54) is 12.5 Å². The van der Waals surface area contributed by atoms with Gasteiger partial charge >= 0.3 is 0 Å². The molecular formula is C6H15N3. The van der Waals surface area contributed by atoms with Crippen LogP contribution < -0.4 is 11.5 Å². The standard InChI is InChI=1S/C4H9N3.C2H6/c1-4(6)2-7-3-5;1-2/h2-3H,6H2,1H3,(H2,5,7);1-2H3/b4-2-;. The summed E-state index contributed by atoms with van der Waals surface area (Å²) in [4.78, 5) is 3.54. The van der Waals surface area contributed by atoms with Gasteiger partial charge < -0.3 is 11.5 Å². The molecule has 0 spiro atoms. The summed E-state index contributed by atoms with van der Waals surface area (Å²) in [6.45, 7) is 5.74. The highest BCUT2D eigenvalue weighted by Gasteiger charge is 1.66. The Morgan fingerprint density at radius 1 is 1.44 bits per heavy atom. The molecule has 0 aromatic heterocycles. The molecule has 0 bridgehead atoms. The predicted octanol–water partition coefficient (Wildman–Crippen LogP) is 0.820. The molecule has 0 aliphatic heterocycles. The molecule has 4 N–H and O–H groups in total. The highest BCUT2D eigenvalue weighted by atomic mass is 14.8. The first kappa shape index (κ1) is 10.9. The fourth-order valence-corrected chi connectivity index (χ4v) is 0.161. The second-order valence-corrected chi connectivity index (χ2v) is 1.17. The molecule has 0 rings (SSSR count). The second-order valence-electron chi connectivity index (χ2n) is 1.17. The summed E-state index contributed by atoms with van der Waals surface area (Å²) in [5.41, 5.74) is 10.7. The molecule has 0 aliphatic rings. The van der Waals surface area contributed by atoms with Crippen molar-refractivity contribution in [1.29, 1.82) is 0 Å². The number of aliphatic imine (C=N–C) groups is 1.